The topological polar surface area (TPSA) is 116 Å². The molecule has 0 amide bonds. The van der Waals surface area contributed by atoms with E-state index in [4.69, 9.17) is 4.98 Å². The highest BCUT2D eigenvalue weighted by Crippen LogP contribution is 2.30. The van der Waals surface area contributed by atoms with Gasteiger partial charge in [0, 0.05) is 24.6 Å². The smallest absolute Gasteiger partial charge is 0.317 e. The molecule has 0 atom stereocenters. The van der Waals surface area contributed by atoms with Crippen LogP contribution in [0.4, 0.5) is 0 Å². The largest absolute Gasteiger partial charge is 0.337 e. The minimum atomic E-state index is -0.375. The average molecular weight is 547 g/mol. The van der Waals surface area contributed by atoms with E-state index in [-0.39, 0.29) is 17.2 Å². The molecule has 41 heavy (non-hydrogen) atoms. The zero-order valence-electron chi connectivity index (χ0n) is 23.2. The number of hydrogen-bond acceptors (Lipinski definition) is 6. The third-order valence-electron chi connectivity index (χ3n) is 7.17. The summed E-state index contributed by atoms with van der Waals surface area (Å²) in [5, 5.41) is 14.3. The summed E-state index contributed by atoms with van der Waals surface area (Å²) in [6, 6.07) is 25.5. The number of imidazole rings is 1. The molecule has 10 nitrogen and oxygen atoms in total. The number of tetrazole rings is 1. The number of para-hydroxylation sites is 1. The van der Waals surface area contributed by atoms with Gasteiger partial charge in [-0.3, -0.25) is 9.36 Å². The lowest BCUT2D eigenvalue weighted by Crippen LogP contribution is -2.40. The fraction of sp³-hybridized carbons (Fsp3) is 0.226. The van der Waals surface area contributed by atoms with E-state index < -0.39 is 0 Å². The number of aromatic amines is 1. The van der Waals surface area contributed by atoms with E-state index in [2.05, 4.69) is 44.9 Å². The van der Waals surface area contributed by atoms with Crippen molar-refractivity contribution < 1.29 is 0 Å². The Hall–Kier alpha value is -5.12. The van der Waals surface area contributed by atoms with Gasteiger partial charge in [0.1, 0.15) is 5.82 Å². The van der Waals surface area contributed by atoms with Crippen molar-refractivity contribution in [3.63, 3.8) is 0 Å². The van der Waals surface area contributed by atoms with E-state index in [0.717, 1.165) is 28.1 Å². The van der Waals surface area contributed by atoms with Crippen LogP contribution in [0.15, 0.2) is 88.5 Å². The Morgan fingerprint density at radius 3 is 2.22 bits per heavy atom. The summed E-state index contributed by atoms with van der Waals surface area (Å²) >= 11 is 0. The van der Waals surface area contributed by atoms with Crippen molar-refractivity contribution >= 4 is 11.2 Å². The van der Waals surface area contributed by atoms with Crippen LogP contribution in [-0.2, 0) is 13.1 Å². The van der Waals surface area contributed by atoms with E-state index in [1.165, 1.54) is 4.57 Å². The van der Waals surface area contributed by atoms with Crippen molar-refractivity contribution in [3.05, 3.63) is 111 Å². The second-order valence-corrected chi connectivity index (χ2v) is 10.3. The maximum Gasteiger partial charge on any atom is 0.337 e. The van der Waals surface area contributed by atoms with Gasteiger partial charge >= 0.3 is 5.69 Å². The monoisotopic (exact) mass is 546 g/mol. The van der Waals surface area contributed by atoms with E-state index >= 15 is 0 Å². The Morgan fingerprint density at radius 1 is 0.854 bits per heavy atom. The fourth-order valence-corrected chi connectivity index (χ4v) is 5.27. The molecule has 3 aromatic heterocycles. The molecule has 0 saturated heterocycles. The molecule has 0 fully saturated rings. The Bertz CT molecular complexity index is 1930. The first-order valence-electron chi connectivity index (χ1n) is 13.7. The van der Waals surface area contributed by atoms with Crippen LogP contribution in [0.1, 0.15) is 44.5 Å². The molecule has 1 N–H and O–H groups in total. The van der Waals surface area contributed by atoms with Gasteiger partial charge in [0.25, 0.3) is 5.56 Å². The molecule has 0 saturated carbocycles. The maximum atomic E-state index is 13.8. The Balaban J connectivity index is 1.48. The summed E-state index contributed by atoms with van der Waals surface area (Å²) in [6.07, 6.45) is 0.660. The van der Waals surface area contributed by atoms with Crippen molar-refractivity contribution in [2.45, 2.75) is 46.2 Å². The van der Waals surface area contributed by atoms with Crippen LogP contribution in [0.2, 0.25) is 0 Å². The van der Waals surface area contributed by atoms with Crippen LogP contribution >= 0.6 is 0 Å². The molecule has 0 aliphatic heterocycles. The highest BCUT2D eigenvalue weighted by Gasteiger charge is 2.23. The molecule has 10 heteroatoms. The molecule has 6 aromatic rings. The molecular weight excluding hydrogens is 516 g/mol. The van der Waals surface area contributed by atoms with E-state index in [0.29, 0.717) is 42.2 Å². The first kappa shape index (κ1) is 26.1. The maximum absolute atomic E-state index is 13.8. The average Bonchev–Trinajstić information content (AvgIpc) is 3.66. The second-order valence-electron chi connectivity index (χ2n) is 10.3. The van der Waals surface area contributed by atoms with Gasteiger partial charge in [-0.05, 0) is 45.7 Å². The number of aromatic nitrogens is 8. The SMILES string of the molecule is CCCn1c(=O)c2c(nc(C(C)C)n2Cc2ccc(-c3ccccc3-c3nnn[nH]3)cc2)n(-c2ccccc2)c1=O. The minimum absolute atomic E-state index is 0.0300. The normalized spacial score (nSPS) is 11.5. The molecule has 0 spiro atoms. The van der Waals surface area contributed by atoms with Gasteiger partial charge in [-0.2, -0.15) is 0 Å². The molecule has 206 valence electrons. The summed E-state index contributed by atoms with van der Waals surface area (Å²) in [4.78, 5) is 32.3. The molecule has 0 radical (unpaired) electrons. The number of nitrogens with one attached hydrogen (secondary N) is 1. The summed E-state index contributed by atoms with van der Waals surface area (Å²) in [7, 11) is 0. The van der Waals surface area contributed by atoms with Gasteiger partial charge < -0.3 is 4.57 Å². The number of fused-ring (bicyclic) bond motifs is 1. The lowest BCUT2D eigenvalue weighted by Gasteiger charge is -2.14. The van der Waals surface area contributed by atoms with Gasteiger partial charge in [0.15, 0.2) is 17.0 Å². The van der Waals surface area contributed by atoms with Crippen LogP contribution in [-0.4, -0.2) is 39.3 Å². The van der Waals surface area contributed by atoms with Crippen LogP contribution in [0.5, 0.6) is 0 Å². The number of rotatable bonds is 8. The predicted molar refractivity (Wildman–Crippen MR) is 158 cm³/mol. The van der Waals surface area contributed by atoms with Gasteiger partial charge in [-0.25, -0.2) is 19.4 Å². The van der Waals surface area contributed by atoms with Gasteiger partial charge in [0.05, 0.1) is 5.69 Å². The fourth-order valence-electron chi connectivity index (χ4n) is 5.27. The van der Waals surface area contributed by atoms with E-state index in [1.807, 2.05) is 79.9 Å². The van der Waals surface area contributed by atoms with Crippen LogP contribution in [0.3, 0.4) is 0 Å². The lowest BCUT2D eigenvalue weighted by molar-refractivity contribution is 0.603. The van der Waals surface area contributed by atoms with Crippen molar-refractivity contribution in [1.29, 1.82) is 0 Å². The summed E-state index contributed by atoms with van der Waals surface area (Å²) < 4.78 is 4.86. The Kier molecular flexibility index (Phi) is 6.88. The van der Waals surface area contributed by atoms with Gasteiger partial charge in [-0.1, -0.05) is 87.5 Å². The zero-order valence-corrected chi connectivity index (χ0v) is 23.2. The van der Waals surface area contributed by atoms with E-state index in [9.17, 15) is 9.59 Å². The molecule has 0 aliphatic carbocycles. The summed E-state index contributed by atoms with van der Waals surface area (Å²) in [6.45, 7) is 6.82. The quantitative estimate of drug-likeness (QED) is 0.294. The number of nitrogens with zero attached hydrogens (tertiary/aromatic N) is 7. The van der Waals surface area contributed by atoms with Crippen LogP contribution in [0, 0.1) is 0 Å². The highest BCUT2D eigenvalue weighted by molar-refractivity contribution is 5.80. The molecule has 6 rings (SSSR count). The molecule has 0 bridgehead atoms. The third kappa shape index (κ3) is 4.67. The van der Waals surface area contributed by atoms with Crippen molar-refractivity contribution in [1.82, 2.24) is 39.3 Å². The van der Waals surface area contributed by atoms with Crippen molar-refractivity contribution in [3.8, 4) is 28.2 Å². The third-order valence-corrected chi connectivity index (χ3v) is 7.17. The first-order chi connectivity index (χ1) is 20.0. The summed E-state index contributed by atoms with van der Waals surface area (Å²) in [5.41, 5.74) is 4.73. The Labute approximate surface area is 235 Å². The molecular formula is C31H30N8O2. The number of hydrogen-bond donors (Lipinski definition) is 1. The minimum Gasteiger partial charge on any atom is -0.317 e. The lowest BCUT2D eigenvalue weighted by atomic mass is 9.98. The first-order valence-corrected chi connectivity index (χ1v) is 13.7. The number of benzene rings is 3. The molecule has 3 heterocycles. The van der Waals surface area contributed by atoms with Crippen molar-refractivity contribution in [2.75, 3.05) is 0 Å². The van der Waals surface area contributed by atoms with Crippen LogP contribution in [0.25, 0.3) is 39.4 Å². The van der Waals surface area contributed by atoms with Gasteiger partial charge in [0.2, 0.25) is 0 Å². The van der Waals surface area contributed by atoms with E-state index in [1.54, 1.807) is 4.57 Å². The van der Waals surface area contributed by atoms with Crippen LogP contribution < -0.4 is 11.2 Å². The highest BCUT2D eigenvalue weighted by atomic mass is 16.2. The molecule has 0 unspecified atom stereocenters. The standard InChI is InChI=1S/C31H30N8O2/c1-4-18-37-30(40)26-29(39(31(37)41)23-10-6-5-7-11-23)32-28(20(2)3)38(26)19-21-14-16-22(17-15-21)24-12-8-9-13-25(24)27-33-35-36-34-27/h5-17,20H,4,18-19H2,1-3H3,(H,33,34,35,36). The predicted octanol–water partition coefficient (Wildman–Crippen LogP) is 4.78. The Morgan fingerprint density at radius 2 is 1.56 bits per heavy atom. The summed E-state index contributed by atoms with van der Waals surface area (Å²) in [5.74, 6) is 1.38. The molecule has 0 aliphatic rings. The zero-order chi connectivity index (χ0) is 28.5. The second kappa shape index (κ2) is 10.8. The number of H-pyrrole nitrogens is 1. The molecule has 3 aromatic carbocycles. The van der Waals surface area contributed by atoms with Crippen molar-refractivity contribution in [2.24, 2.45) is 0 Å². The van der Waals surface area contributed by atoms with Gasteiger partial charge in [-0.15, -0.1) is 5.10 Å².